The van der Waals surface area contributed by atoms with Crippen LogP contribution >= 0.6 is 0 Å². The zero-order valence-corrected chi connectivity index (χ0v) is 27.4. The molecule has 5 fully saturated rings. The summed E-state index contributed by atoms with van der Waals surface area (Å²) in [4.78, 5) is 16.8. The Balaban J connectivity index is 1.31. The molecule has 1 saturated heterocycles. The summed E-state index contributed by atoms with van der Waals surface area (Å²) in [6.07, 6.45) is 12.6. The molecule has 232 valence electrons. The van der Waals surface area contributed by atoms with Gasteiger partial charge in [-0.15, -0.1) is 0 Å². The van der Waals surface area contributed by atoms with E-state index in [1.807, 2.05) is 0 Å². The largest absolute Gasteiger partial charge is 0.393 e. The topological polar surface area (TPSA) is 61.8 Å². The zero-order valence-electron chi connectivity index (χ0n) is 27.4. The van der Waals surface area contributed by atoms with Crippen LogP contribution in [0.15, 0.2) is 11.6 Å². The molecule has 0 bridgehead atoms. The Labute approximate surface area is 250 Å². The van der Waals surface area contributed by atoms with Gasteiger partial charge < -0.3 is 15.2 Å². The van der Waals surface area contributed by atoms with Gasteiger partial charge in [-0.3, -0.25) is 9.69 Å². The first-order chi connectivity index (χ1) is 19.3. The standard InChI is InChI=1S/C36H60N2O3/c1-24-10-15-36(31(40)37-18-19-38-20-22-41-23-21-38)17-16-34(6)26(30(36)25(24)2)8-9-28-33(5)13-12-29(39)32(3,4)27(33)11-14-35(28,34)7/h8,24-25,27-30,39H,9-23H2,1-7H3,(H,37,40)/t24-,25+,27+,28-,29+,30+,33+,34-,35-,36+/m1/s1. The van der Waals surface area contributed by atoms with Crippen molar-refractivity contribution in [2.45, 2.75) is 112 Å². The fourth-order valence-corrected chi connectivity index (χ4v) is 12.2. The normalized spacial score (nSPS) is 49.5. The van der Waals surface area contributed by atoms with Crippen molar-refractivity contribution in [1.82, 2.24) is 10.2 Å². The van der Waals surface area contributed by atoms with Gasteiger partial charge in [-0.2, -0.15) is 0 Å². The van der Waals surface area contributed by atoms with Crippen molar-refractivity contribution in [3.63, 3.8) is 0 Å². The van der Waals surface area contributed by atoms with Crippen LogP contribution in [0.25, 0.3) is 0 Å². The van der Waals surface area contributed by atoms with Gasteiger partial charge in [-0.25, -0.2) is 0 Å². The lowest BCUT2D eigenvalue weighted by molar-refractivity contribution is -0.204. The van der Waals surface area contributed by atoms with Crippen LogP contribution < -0.4 is 5.32 Å². The molecule has 0 unspecified atom stereocenters. The fraction of sp³-hybridized carbons (Fsp3) is 0.917. The van der Waals surface area contributed by atoms with E-state index in [1.54, 1.807) is 5.57 Å². The van der Waals surface area contributed by atoms with E-state index in [0.717, 1.165) is 84.3 Å². The number of aliphatic hydroxyl groups is 1. The van der Waals surface area contributed by atoms with E-state index in [-0.39, 0.29) is 33.2 Å². The van der Waals surface area contributed by atoms with Crippen LogP contribution in [-0.4, -0.2) is 61.4 Å². The summed E-state index contributed by atoms with van der Waals surface area (Å²) in [7, 11) is 0. The summed E-state index contributed by atoms with van der Waals surface area (Å²) < 4.78 is 5.52. The maximum Gasteiger partial charge on any atom is 0.226 e. The average Bonchev–Trinajstić information content (AvgIpc) is 2.94. The second kappa shape index (κ2) is 10.3. The van der Waals surface area contributed by atoms with Gasteiger partial charge in [0.1, 0.15) is 0 Å². The summed E-state index contributed by atoms with van der Waals surface area (Å²) in [5.74, 6) is 3.07. The van der Waals surface area contributed by atoms with Crippen molar-refractivity contribution >= 4 is 5.91 Å². The van der Waals surface area contributed by atoms with Gasteiger partial charge in [-0.05, 0) is 109 Å². The summed E-state index contributed by atoms with van der Waals surface area (Å²) in [6, 6.07) is 0. The lowest BCUT2D eigenvalue weighted by atomic mass is 9.33. The van der Waals surface area contributed by atoms with E-state index in [4.69, 9.17) is 4.74 Å². The van der Waals surface area contributed by atoms with Gasteiger partial charge in [0.05, 0.1) is 24.7 Å². The van der Waals surface area contributed by atoms with Crippen molar-refractivity contribution in [3.8, 4) is 0 Å². The highest BCUT2D eigenvalue weighted by Crippen LogP contribution is 2.75. The first kappa shape index (κ1) is 30.1. The Morgan fingerprint density at radius 1 is 0.976 bits per heavy atom. The molecule has 1 amide bonds. The van der Waals surface area contributed by atoms with Crippen LogP contribution in [0, 0.1) is 56.7 Å². The smallest absolute Gasteiger partial charge is 0.226 e. The quantitative estimate of drug-likeness (QED) is 0.383. The van der Waals surface area contributed by atoms with E-state index < -0.39 is 0 Å². The molecule has 0 aromatic heterocycles. The number of carbonyl (C=O) groups excluding carboxylic acids is 1. The molecule has 10 atom stereocenters. The van der Waals surface area contributed by atoms with E-state index in [0.29, 0.717) is 35.5 Å². The minimum atomic E-state index is -0.260. The molecule has 41 heavy (non-hydrogen) atoms. The van der Waals surface area contributed by atoms with Crippen LogP contribution in [0.4, 0.5) is 0 Å². The van der Waals surface area contributed by atoms with Crippen molar-refractivity contribution in [3.05, 3.63) is 11.6 Å². The molecule has 1 aliphatic heterocycles. The Bertz CT molecular complexity index is 1050. The van der Waals surface area contributed by atoms with Crippen molar-refractivity contribution in [2.75, 3.05) is 39.4 Å². The molecule has 0 spiro atoms. The van der Waals surface area contributed by atoms with E-state index in [9.17, 15) is 9.90 Å². The molecule has 5 aliphatic carbocycles. The Kier molecular flexibility index (Phi) is 7.59. The first-order valence-corrected chi connectivity index (χ1v) is 17.3. The Morgan fingerprint density at radius 3 is 2.44 bits per heavy atom. The molecule has 4 saturated carbocycles. The number of rotatable bonds is 4. The second-order valence-electron chi connectivity index (χ2n) is 16.9. The summed E-state index contributed by atoms with van der Waals surface area (Å²) in [5.41, 5.74) is 2.01. The van der Waals surface area contributed by atoms with E-state index in [2.05, 4.69) is 64.8 Å². The maximum atomic E-state index is 14.3. The van der Waals surface area contributed by atoms with Crippen LogP contribution in [0.1, 0.15) is 106 Å². The molecule has 6 aliphatic rings. The number of nitrogens with one attached hydrogen (secondary N) is 1. The molecular formula is C36H60N2O3. The number of nitrogens with zero attached hydrogens (tertiary/aromatic N) is 1. The molecule has 6 rings (SSSR count). The number of allylic oxidation sites excluding steroid dienone is 2. The molecule has 5 nitrogen and oxygen atoms in total. The fourth-order valence-electron chi connectivity index (χ4n) is 12.2. The third kappa shape index (κ3) is 4.28. The predicted octanol–water partition coefficient (Wildman–Crippen LogP) is 6.45. The van der Waals surface area contributed by atoms with E-state index in [1.165, 1.54) is 12.8 Å². The van der Waals surface area contributed by atoms with Gasteiger partial charge in [0, 0.05) is 26.2 Å². The van der Waals surface area contributed by atoms with Crippen molar-refractivity contribution < 1.29 is 14.6 Å². The number of hydrogen-bond acceptors (Lipinski definition) is 4. The average molecular weight is 569 g/mol. The van der Waals surface area contributed by atoms with Crippen LogP contribution in [0.5, 0.6) is 0 Å². The predicted molar refractivity (Wildman–Crippen MR) is 165 cm³/mol. The second-order valence-corrected chi connectivity index (χ2v) is 16.9. The lowest BCUT2D eigenvalue weighted by Crippen LogP contribution is -2.66. The summed E-state index contributed by atoms with van der Waals surface area (Å²) >= 11 is 0. The van der Waals surface area contributed by atoms with Crippen LogP contribution in [0.3, 0.4) is 0 Å². The van der Waals surface area contributed by atoms with Gasteiger partial charge in [0.2, 0.25) is 5.91 Å². The zero-order chi connectivity index (χ0) is 29.4. The number of carbonyl (C=O) groups is 1. The van der Waals surface area contributed by atoms with Gasteiger partial charge in [0.25, 0.3) is 0 Å². The van der Waals surface area contributed by atoms with Crippen molar-refractivity contribution in [2.24, 2.45) is 56.7 Å². The first-order valence-electron chi connectivity index (χ1n) is 17.3. The summed E-state index contributed by atoms with van der Waals surface area (Å²) in [6.45, 7) is 22.7. The third-order valence-corrected chi connectivity index (χ3v) is 15.2. The number of fused-ring (bicyclic) bond motifs is 7. The molecular weight excluding hydrogens is 508 g/mol. The van der Waals surface area contributed by atoms with Gasteiger partial charge >= 0.3 is 0 Å². The molecule has 5 heteroatoms. The van der Waals surface area contributed by atoms with Crippen molar-refractivity contribution in [1.29, 1.82) is 0 Å². The van der Waals surface area contributed by atoms with Gasteiger partial charge in [-0.1, -0.05) is 60.1 Å². The molecule has 2 N–H and O–H groups in total. The molecule has 0 aromatic rings. The highest BCUT2D eigenvalue weighted by Gasteiger charge is 2.69. The molecule has 0 aromatic carbocycles. The maximum absolute atomic E-state index is 14.3. The number of amides is 1. The number of ether oxygens (including phenoxy) is 1. The highest BCUT2D eigenvalue weighted by atomic mass is 16.5. The minimum Gasteiger partial charge on any atom is -0.393 e. The SMILES string of the molecule is C[C@H]1[C@H](C)CC[C@]2(C(=O)NCCN3CCOCC3)CC[C@]3(C)C(=CC[C@@H]4[C@@]5(C)CC[C@H](O)C(C)(C)[C@@H]5CC[C@]43C)[C@H]12. The summed E-state index contributed by atoms with van der Waals surface area (Å²) in [5, 5.41) is 14.5. The lowest BCUT2D eigenvalue weighted by Gasteiger charge is -2.71. The number of morpholine rings is 1. The molecule has 0 radical (unpaired) electrons. The van der Waals surface area contributed by atoms with Gasteiger partial charge in [0.15, 0.2) is 0 Å². The van der Waals surface area contributed by atoms with E-state index >= 15 is 0 Å². The number of hydrogen-bond donors (Lipinski definition) is 2. The minimum absolute atomic E-state index is 0.0203. The highest BCUT2D eigenvalue weighted by molar-refractivity contribution is 5.84. The van der Waals surface area contributed by atoms with Crippen LogP contribution in [0.2, 0.25) is 0 Å². The number of aliphatic hydroxyl groups excluding tert-OH is 1. The Hall–Kier alpha value is -0.910. The third-order valence-electron chi connectivity index (χ3n) is 15.2. The molecule has 1 heterocycles. The Morgan fingerprint density at radius 2 is 1.71 bits per heavy atom. The monoisotopic (exact) mass is 568 g/mol. The van der Waals surface area contributed by atoms with Crippen LogP contribution in [-0.2, 0) is 9.53 Å².